The Morgan fingerprint density at radius 3 is 2.39 bits per heavy atom. The maximum Gasteiger partial charge on any atom is 0.337 e. The predicted molar refractivity (Wildman–Crippen MR) is 102 cm³/mol. The highest BCUT2D eigenvalue weighted by molar-refractivity contribution is 6.11. The number of nitrogens with one attached hydrogen (secondary N) is 2. The van der Waals surface area contributed by atoms with Crippen LogP contribution in [-0.2, 0) is 4.79 Å². The molecule has 0 saturated carbocycles. The van der Waals surface area contributed by atoms with Crippen molar-refractivity contribution in [2.24, 2.45) is 0 Å². The molecule has 3 N–H and O–H groups in total. The maximum atomic E-state index is 12.5. The van der Waals surface area contributed by atoms with Crippen LogP contribution in [0.2, 0.25) is 0 Å². The highest BCUT2D eigenvalue weighted by Gasteiger charge is 2.24. The van der Waals surface area contributed by atoms with Crippen molar-refractivity contribution in [3.8, 4) is 11.5 Å². The average molecular weight is 382 g/mol. The van der Waals surface area contributed by atoms with Crippen LogP contribution in [0.25, 0.3) is 5.57 Å². The van der Waals surface area contributed by atoms with E-state index in [-0.39, 0.29) is 23.7 Å². The van der Waals surface area contributed by atoms with Gasteiger partial charge in [0.25, 0.3) is 5.91 Å². The van der Waals surface area contributed by atoms with E-state index in [0.717, 1.165) is 0 Å². The van der Waals surface area contributed by atoms with Crippen LogP contribution in [0.1, 0.15) is 26.3 Å². The molecule has 0 saturated heterocycles. The first-order valence-corrected chi connectivity index (χ1v) is 8.33. The Morgan fingerprint density at radius 2 is 1.75 bits per heavy atom. The molecule has 0 radical (unpaired) electrons. The average Bonchev–Trinajstić information content (AvgIpc) is 2.69. The molecule has 0 aromatic heterocycles. The van der Waals surface area contributed by atoms with Crippen LogP contribution < -0.4 is 20.1 Å². The van der Waals surface area contributed by atoms with Crippen molar-refractivity contribution < 1.29 is 29.0 Å². The monoisotopic (exact) mass is 382 g/mol. The van der Waals surface area contributed by atoms with Gasteiger partial charge in [-0.25, -0.2) is 4.79 Å². The van der Waals surface area contributed by atoms with Gasteiger partial charge in [0.1, 0.15) is 0 Å². The second-order valence-corrected chi connectivity index (χ2v) is 5.95. The van der Waals surface area contributed by atoms with Gasteiger partial charge in [-0.1, -0.05) is 12.1 Å². The molecule has 1 aliphatic rings. The summed E-state index contributed by atoms with van der Waals surface area (Å²) >= 11 is 0. The number of carboxylic acids is 1. The van der Waals surface area contributed by atoms with Crippen molar-refractivity contribution in [3.63, 3.8) is 0 Å². The van der Waals surface area contributed by atoms with Gasteiger partial charge in [0, 0.05) is 12.6 Å². The summed E-state index contributed by atoms with van der Waals surface area (Å²) in [7, 11) is 2.95. The Kier molecular flexibility index (Phi) is 5.30. The van der Waals surface area contributed by atoms with Crippen molar-refractivity contribution in [1.29, 1.82) is 0 Å². The van der Waals surface area contributed by atoms with Crippen LogP contribution in [-0.4, -0.2) is 43.7 Å². The Bertz CT molecular complexity index is 996. The zero-order chi connectivity index (χ0) is 20.3. The molecule has 144 valence electrons. The number of benzene rings is 2. The molecule has 2 aromatic carbocycles. The lowest BCUT2D eigenvalue weighted by Gasteiger charge is -2.21. The molecule has 8 nitrogen and oxygen atoms in total. The summed E-state index contributed by atoms with van der Waals surface area (Å²) < 4.78 is 10.5. The number of carboxylic acid groups (broad SMARTS) is 1. The zero-order valence-electron chi connectivity index (χ0n) is 15.2. The number of methoxy groups -OCH3 is 2. The van der Waals surface area contributed by atoms with Gasteiger partial charge in [-0.15, -0.1) is 0 Å². The lowest BCUT2D eigenvalue weighted by molar-refractivity contribution is -0.111. The number of anilines is 1. The number of aromatic carboxylic acids is 1. The van der Waals surface area contributed by atoms with Gasteiger partial charge >= 0.3 is 5.97 Å². The Morgan fingerprint density at radius 1 is 1.11 bits per heavy atom. The molecule has 0 unspecified atom stereocenters. The lowest BCUT2D eigenvalue weighted by Crippen LogP contribution is -2.31. The fourth-order valence-electron chi connectivity index (χ4n) is 2.93. The van der Waals surface area contributed by atoms with Crippen LogP contribution >= 0.6 is 0 Å². The highest BCUT2D eigenvalue weighted by Crippen LogP contribution is 2.35. The number of ether oxygens (including phenoxy) is 2. The van der Waals surface area contributed by atoms with Crippen LogP contribution in [0.15, 0.2) is 42.5 Å². The van der Waals surface area contributed by atoms with Gasteiger partial charge in [0.15, 0.2) is 11.5 Å². The molecule has 2 amide bonds. The number of carbonyl (C=O) groups excluding carboxylic acids is 2. The number of fused-ring (bicyclic) bond motifs is 1. The third-order valence-corrected chi connectivity index (χ3v) is 4.27. The first-order chi connectivity index (χ1) is 13.4. The molecular weight excluding hydrogens is 364 g/mol. The SMILES string of the molecule is COc1cc2c(cc1OC)C(=CC(=O)Nc1ccccc1C(=O)O)CNC2=O. The standard InChI is InChI=1S/C20H18N2O6/c1-27-16-8-13-11(10-21-19(24)14(13)9-17(16)28-2)7-18(23)22-15-6-4-3-5-12(15)20(25)26/h3-9H,10H2,1-2H3,(H,21,24)(H,22,23)(H,25,26). The summed E-state index contributed by atoms with van der Waals surface area (Å²) in [5.41, 5.74) is 1.63. The quantitative estimate of drug-likeness (QED) is 0.683. The second-order valence-electron chi connectivity index (χ2n) is 5.95. The van der Waals surface area contributed by atoms with Crippen molar-refractivity contribution in [3.05, 3.63) is 59.2 Å². The molecular formula is C20H18N2O6. The van der Waals surface area contributed by atoms with Crippen LogP contribution in [0.4, 0.5) is 5.69 Å². The fourth-order valence-corrected chi connectivity index (χ4v) is 2.93. The van der Waals surface area contributed by atoms with E-state index in [4.69, 9.17) is 9.47 Å². The molecule has 1 aliphatic heterocycles. The van der Waals surface area contributed by atoms with E-state index < -0.39 is 11.9 Å². The molecule has 28 heavy (non-hydrogen) atoms. The second kappa shape index (κ2) is 7.83. The fraction of sp³-hybridized carbons (Fsp3) is 0.150. The first kappa shape index (κ1) is 19.0. The summed E-state index contributed by atoms with van der Waals surface area (Å²) in [6.45, 7) is 0.148. The van der Waals surface area contributed by atoms with E-state index in [2.05, 4.69) is 10.6 Å². The van der Waals surface area contributed by atoms with E-state index in [9.17, 15) is 19.5 Å². The summed E-state index contributed by atoms with van der Waals surface area (Å²) in [5.74, 6) is -1.11. The molecule has 1 heterocycles. The molecule has 0 spiro atoms. The predicted octanol–water partition coefficient (Wildman–Crippen LogP) is 2.17. The van der Waals surface area contributed by atoms with Gasteiger partial charge in [0.2, 0.25) is 5.91 Å². The summed E-state index contributed by atoms with van der Waals surface area (Å²) in [6.07, 6.45) is 1.32. The largest absolute Gasteiger partial charge is 0.493 e. The van der Waals surface area contributed by atoms with E-state index in [1.54, 1.807) is 24.3 Å². The lowest BCUT2D eigenvalue weighted by atomic mass is 9.94. The minimum absolute atomic E-state index is 0.0157. The zero-order valence-corrected chi connectivity index (χ0v) is 15.2. The maximum absolute atomic E-state index is 12.5. The van der Waals surface area contributed by atoms with Crippen LogP contribution in [0.5, 0.6) is 11.5 Å². The molecule has 2 aromatic rings. The molecule has 0 aliphatic carbocycles. The number of carbonyl (C=O) groups is 3. The van der Waals surface area contributed by atoms with Gasteiger partial charge in [-0.05, 0) is 35.4 Å². The summed E-state index contributed by atoms with van der Waals surface area (Å²) in [5, 5.41) is 14.5. The van der Waals surface area contributed by atoms with Gasteiger partial charge in [0.05, 0.1) is 31.0 Å². The smallest absolute Gasteiger partial charge is 0.337 e. The van der Waals surface area contributed by atoms with Crippen molar-refractivity contribution in [1.82, 2.24) is 5.32 Å². The van der Waals surface area contributed by atoms with E-state index in [1.165, 1.54) is 32.4 Å². The number of hydrogen-bond acceptors (Lipinski definition) is 5. The summed E-state index contributed by atoms with van der Waals surface area (Å²) in [4.78, 5) is 36.0. The van der Waals surface area contributed by atoms with Gasteiger partial charge < -0.3 is 25.2 Å². The van der Waals surface area contributed by atoms with Crippen molar-refractivity contribution >= 4 is 29.0 Å². The van der Waals surface area contributed by atoms with Gasteiger partial charge in [-0.2, -0.15) is 0 Å². The number of rotatable bonds is 5. The van der Waals surface area contributed by atoms with Crippen molar-refractivity contribution in [2.45, 2.75) is 0 Å². The third kappa shape index (κ3) is 3.66. The van der Waals surface area contributed by atoms with Crippen molar-refractivity contribution in [2.75, 3.05) is 26.1 Å². The molecule has 8 heteroatoms. The highest BCUT2D eigenvalue weighted by atomic mass is 16.5. The first-order valence-electron chi connectivity index (χ1n) is 8.33. The molecule has 0 atom stereocenters. The summed E-state index contributed by atoms with van der Waals surface area (Å²) in [6, 6.07) is 9.29. The molecule has 3 rings (SSSR count). The molecule has 0 fully saturated rings. The van der Waals surface area contributed by atoms with Crippen LogP contribution in [0, 0.1) is 0 Å². The topological polar surface area (TPSA) is 114 Å². The Hall–Kier alpha value is -3.81. The van der Waals surface area contributed by atoms with Crippen LogP contribution in [0.3, 0.4) is 0 Å². The minimum atomic E-state index is -1.14. The van der Waals surface area contributed by atoms with E-state index >= 15 is 0 Å². The number of para-hydroxylation sites is 1. The Balaban J connectivity index is 1.96. The normalized spacial score (nSPS) is 14.1. The van der Waals surface area contributed by atoms with E-state index in [0.29, 0.717) is 28.2 Å². The number of hydrogen-bond donors (Lipinski definition) is 3. The third-order valence-electron chi connectivity index (χ3n) is 4.27. The Labute approximate surface area is 160 Å². The van der Waals surface area contributed by atoms with E-state index in [1.807, 2.05) is 0 Å². The van der Waals surface area contributed by atoms with Gasteiger partial charge in [-0.3, -0.25) is 9.59 Å². The minimum Gasteiger partial charge on any atom is -0.493 e. The molecule has 0 bridgehead atoms. The number of amides is 2.